The number of likely N-dealkylation sites (tertiary alicyclic amines) is 1. The molecule has 3 rings (SSSR count). The molecule has 2 aliphatic heterocycles. The summed E-state index contributed by atoms with van der Waals surface area (Å²) in [6.07, 6.45) is 7.17. The molecule has 6 heteroatoms. The molecule has 0 radical (unpaired) electrons. The number of carboxylic acid groups (broad SMARTS) is 1. The van der Waals surface area contributed by atoms with Crippen molar-refractivity contribution in [2.45, 2.75) is 50.6 Å². The summed E-state index contributed by atoms with van der Waals surface area (Å²) in [7, 11) is 0. The minimum Gasteiger partial charge on any atom is -0.480 e. The molecule has 3 aliphatic rings. The summed E-state index contributed by atoms with van der Waals surface area (Å²) in [6.45, 7) is 0.799. The van der Waals surface area contributed by atoms with Crippen LogP contribution in [-0.2, 0) is 4.79 Å². The molecular weight excluding hydrogens is 276 g/mol. The number of aliphatic carboxylic acids is 1. The molecule has 0 aromatic heterocycles. The highest BCUT2D eigenvalue weighted by Crippen LogP contribution is 2.36. The van der Waals surface area contributed by atoms with Crippen molar-refractivity contribution in [1.82, 2.24) is 9.80 Å². The highest BCUT2D eigenvalue weighted by molar-refractivity contribution is 7.99. The largest absolute Gasteiger partial charge is 0.480 e. The van der Waals surface area contributed by atoms with Crippen molar-refractivity contribution in [3.05, 3.63) is 0 Å². The Labute approximate surface area is 123 Å². The smallest absolute Gasteiger partial charge is 0.327 e. The van der Waals surface area contributed by atoms with Gasteiger partial charge >= 0.3 is 12.0 Å². The second-order valence-corrected chi connectivity index (χ2v) is 7.05. The standard InChI is InChI=1S/C14H22N2O3S/c17-13(18)12-8-20-9-16(12)14(19)15-7-3-6-11(15)10-4-1-2-5-10/h10-12H,1-9H2,(H,17,18)/t11?,12-/m0/s1. The molecule has 0 aromatic rings. The number of nitrogens with zero attached hydrogens (tertiary/aromatic N) is 2. The maximum atomic E-state index is 12.7. The lowest BCUT2D eigenvalue weighted by atomic mass is 9.96. The lowest BCUT2D eigenvalue weighted by molar-refractivity contribution is -0.141. The van der Waals surface area contributed by atoms with Gasteiger partial charge in [0.25, 0.3) is 0 Å². The minimum absolute atomic E-state index is 0.0446. The lowest BCUT2D eigenvalue weighted by Gasteiger charge is -2.33. The van der Waals surface area contributed by atoms with Crippen LogP contribution in [0.2, 0.25) is 0 Å². The normalized spacial score (nSPS) is 31.2. The van der Waals surface area contributed by atoms with Crippen molar-refractivity contribution in [3.8, 4) is 0 Å². The SMILES string of the molecule is O=C(O)[C@@H]1CSCN1C(=O)N1CCCC1C1CCCC1. The summed E-state index contributed by atoms with van der Waals surface area (Å²) in [5, 5.41) is 9.23. The Hall–Kier alpha value is -0.910. The zero-order chi connectivity index (χ0) is 14.1. The summed E-state index contributed by atoms with van der Waals surface area (Å²) in [5.41, 5.74) is 0. The topological polar surface area (TPSA) is 60.9 Å². The van der Waals surface area contributed by atoms with Crippen LogP contribution in [0.15, 0.2) is 0 Å². The first-order valence-electron chi connectivity index (χ1n) is 7.56. The Bertz CT molecular complexity index is 398. The molecule has 0 aromatic carbocycles. The molecule has 1 aliphatic carbocycles. The van der Waals surface area contributed by atoms with E-state index < -0.39 is 12.0 Å². The first-order chi connectivity index (χ1) is 9.68. The Kier molecular flexibility index (Phi) is 4.10. The molecular formula is C14H22N2O3S. The summed E-state index contributed by atoms with van der Waals surface area (Å²) in [5.74, 6) is 0.798. The number of amides is 2. The number of rotatable bonds is 2. The highest BCUT2D eigenvalue weighted by Gasteiger charge is 2.42. The zero-order valence-corrected chi connectivity index (χ0v) is 12.5. The van der Waals surface area contributed by atoms with E-state index in [9.17, 15) is 14.7 Å². The van der Waals surface area contributed by atoms with Gasteiger partial charge in [0.15, 0.2) is 0 Å². The number of thioether (sulfide) groups is 1. The van der Waals surface area contributed by atoms with Crippen molar-refractivity contribution < 1.29 is 14.7 Å². The van der Waals surface area contributed by atoms with Gasteiger partial charge in [0.05, 0.1) is 5.88 Å². The lowest BCUT2D eigenvalue weighted by Crippen LogP contribution is -2.51. The molecule has 1 unspecified atom stereocenters. The van der Waals surface area contributed by atoms with Crippen LogP contribution < -0.4 is 0 Å². The summed E-state index contributed by atoms with van der Waals surface area (Å²) in [4.78, 5) is 27.5. The second-order valence-electron chi connectivity index (χ2n) is 6.05. The van der Waals surface area contributed by atoms with Crippen molar-refractivity contribution >= 4 is 23.8 Å². The van der Waals surface area contributed by atoms with Crippen LogP contribution in [0, 0.1) is 5.92 Å². The van der Waals surface area contributed by atoms with Gasteiger partial charge in [0.1, 0.15) is 6.04 Å². The second kappa shape index (κ2) is 5.84. The fourth-order valence-electron chi connectivity index (χ4n) is 3.86. The number of carbonyl (C=O) groups excluding carboxylic acids is 1. The van der Waals surface area contributed by atoms with Gasteiger partial charge in [-0.3, -0.25) is 0 Å². The van der Waals surface area contributed by atoms with Crippen molar-refractivity contribution in [2.24, 2.45) is 5.92 Å². The van der Waals surface area contributed by atoms with Gasteiger partial charge in [0, 0.05) is 18.3 Å². The molecule has 2 heterocycles. The number of hydrogen-bond donors (Lipinski definition) is 1. The van der Waals surface area contributed by atoms with Crippen LogP contribution >= 0.6 is 11.8 Å². The maximum Gasteiger partial charge on any atom is 0.327 e. The zero-order valence-electron chi connectivity index (χ0n) is 11.7. The van der Waals surface area contributed by atoms with Gasteiger partial charge in [-0.15, -0.1) is 11.8 Å². The van der Waals surface area contributed by atoms with Gasteiger partial charge in [0.2, 0.25) is 0 Å². The van der Waals surface area contributed by atoms with Gasteiger partial charge < -0.3 is 14.9 Å². The monoisotopic (exact) mass is 298 g/mol. The first-order valence-corrected chi connectivity index (χ1v) is 8.71. The van der Waals surface area contributed by atoms with Crippen molar-refractivity contribution in [2.75, 3.05) is 18.2 Å². The predicted octanol–water partition coefficient (Wildman–Crippen LogP) is 2.22. The predicted molar refractivity (Wildman–Crippen MR) is 77.7 cm³/mol. The van der Waals surface area contributed by atoms with Crippen LogP contribution in [0.1, 0.15) is 38.5 Å². The third kappa shape index (κ3) is 2.50. The molecule has 2 saturated heterocycles. The average molecular weight is 298 g/mol. The Balaban J connectivity index is 1.70. The van der Waals surface area contributed by atoms with E-state index in [1.54, 1.807) is 4.90 Å². The molecule has 112 valence electrons. The Morgan fingerprint density at radius 1 is 1.05 bits per heavy atom. The Morgan fingerprint density at radius 3 is 2.50 bits per heavy atom. The van der Waals surface area contributed by atoms with Crippen molar-refractivity contribution in [1.29, 1.82) is 0 Å². The van der Waals surface area contributed by atoms with Gasteiger partial charge in [-0.05, 0) is 31.6 Å². The fraction of sp³-hybridized carbons (Fsp3) is 0.857. The van der Waals surface area contributed by atoms with Crippen molar-refractivity contribution in [3.63, 3.8) is 0 Å². The number of hydrogen-bond acceptors (Lipinski definition) is 3. The molecule has 3 fully saturated rings. The van der Waals surface area contributed by atoms with E-state index in [0.29, 0.717) is 23.6 Å². The first kappa shape index (κ1) is 14.0. The van der Waals surface area contributed by atoms with Gasteiger partial charge in [-0.1, -0.05) is 12.8 Å². The summed E-state index contributed by atoms with van der Waals surface area (Å²) < 4.78 is 0. The molecule has 0 bridgehead atoms. The maximum absolute atomic E-state index is 12.7. The number of carboxylic acids is 1. The number of urea groups is 1. The summed E-state index contributed by atoms with van der Waals surface area (Å²) >= 11 is 1.54. The quantitative estimate of drug-likeness (QED) is 0.849. The van der Waals surface area contributed by atoms with Crippen LogP contribution in [0.5, 0.6) is 0 Å². The molecule has 5 nitrogen and oxygen atoms in total. The van der Waals surface area contributed by atoms with Crippen LogP contribution in [0.4, 0.5) is 4.79 Å². The Morgan fingerprint density at radius 2 is 1.80 bits per heavy atom. The molecule has 20 heavy (non-hydrogen) atoms. The minimum atomic E-state index is -0.875. The average Bonchev–Trinajstić information content (AvgIpc) is 3.17. The van der Waals surface area contributed by atoms with Gasteiger partial charge in [-0.2, -0.15) is 0 Å². The van der Waals surface area contributed by atoms with E-state index in [1.165, 1.54) is 37.4 Å². The summed E-state index contributed by atoms with van der Waals surface area (Å²) in [6, 6.07) is -0.334. The molecule has 1 saturated carbocycles. The van der Waals surface area contributed by atoms with E-state index in [4.69, 9.17) is 0 Å². The fourth-order valence-corrected chi connectivity index (χ4v) is 5.00. The van der Waals surface area contributed by atoms with E-state index in [2.05, 4.69) is 0 Å². The highest BCUT2D eigenvalue weighted by atomic mass is 32.2. The molecule has 2 atom stereocenters. The molecule has 0 spiro atoms. The molecule has 2 amide bonds. The van der Waals surface area contributed by atoms with Gasteiger partial charge in [-0.25, -0.2) is 9.59 Å². The van der Waals surface area contributed by atoms with Crippen LogP contribution in [-0.4, -0.2) is 57.2 Å². The van der Waals surface area contributed by atoms with E-state index in [0.717, 1.165) is 19.4 Å². The van der Waals surface area contributed by atoms with Crippen LogP contribution in [0.25, 0.3) is 0 Å². The van der Waals surface area contributed by atoms with E-state index in [-0.39, 0.29) is 6.03 Å². The number of carbonyl (C=O) groups is 2. The third-order valence-corrected chi connectivity index (χ3v) is 5.91. The molecule has 1 N–H and O–H groups in total. The van der Waals surface area contributed by atoms with E-state index >= 15 is 0 Å². The van der Waals surface area contributed by atoms with E-state index in [1.807, 2.05) is 4.90 Å². The van der Waals surface area contributed by atoms with Crippen LogP contribution in [0.3, 0.4) is 0 Å². The third-order valence-electron chi connectivity index (χ3n) is 4.90.